The van der Waals surface area contributed by atoms with Crippen LogP contribution in [-0.2, 0) is 11.2 Å². The van der Waals surface area contributed by atoms with Gasteiger partial charge in [0.2, 0.25) is 5.91 Å². The molecule has 6 heteroatoms. The zero-order valence-electron chi connectivity index (χ0n) is 21.0. The van der Waals surface area contributed by atoms with Gasteiger partial charge in [0.05, 0.1) is 23.1 Å². The highest BCUT2D eigenvalue weighted by Gasteiger charge is 2.31. The Morgan fingerprint density at radius 3 is 2.19 bits per heavy atom. The van der Waals surface area contributed by atoms with Crippen molar-refractivity contribution >= 4 is 22.8 Å². The molecular formula is C31H31N5O. The maximum atomic E-state index is 13.4. The van der Waals surface area contributed by atoms with Crippen LogP contribution in [0.3, 0.4) is 0 Å². The van der Waals surface area contributed by atoms with E-state index in [0.29, 0.717) is 22.9 Å². The number of nitrogens with one attached hydrogen (secondary N) is 1. The van der Waals surface area contributed by atoms with E-state index in [1.807, 2.05) is 67.6 Å². The molecule has 6 nitrogen and oxygen atoms in total. The van der Waals surface area contributed by atoms with Gasteiger partial charge < -0.3 is 10.2 Å². The third-order valence-corrected chi connectivity index (χ3v) is 7.18. The SMILES string of the molecule is C[C@H](NC(=O)[C@H](C#N)c1nc2ccccc2nc1N1CCC(Cc2ccccc2)CC1)c1ccccc1. The number of carbonyl (C=O) groups excluding carboxylic acids is 1. The minimum absolute atomic E-state index is 0.227. The van der Waals surface area contributed by atoms with Crippen molar-refractivity contribution in [2.45, 2.75) is 38.1 Å². The van der Waals surface area contributed by atoms with Crippen LogP contribution in [0.4, 0.5) is 5.82 Å². The van der Waals surface area contributed by atoms with Crippen molar-refractivity contribution < 1.29 is 4.79 Å². The zero-order chi connectivity index (χ0) is 25.6. The summed E-state index contributed by atoms with van der Waals surface area (Å²) in [5.74, 6) is -0.174. The van der Waals surface area contributed by atoms with Crippen molar-refractivity contribution in [3.05, 3.63) is 102 Å². The van der Waals surface area contributed by atoms with E-state index in [1.165, 1.54) is 5.56 Å². The first-order valence-electron chi connectivity index (χ1n) is 12.9. The lowest BCUT2D eigenvalue weighted by Crippen LogP contribution is -2.37. The normalized spacial score (nSPS) is 15.6. The van der Waals surface area contributed by atoms with Crippen LogP contribution < -0.4 is 10.2 Å². The molecule has 1 aliphatic heterocycles. The van der Waals surface area contributed by atoms with Crippen LogP contribution in [0.2, 0.25) is 0 Å². The van der Waals surface area contributed by atoms with Gasteiger partial charge in [-0.25, -0.2) is 9.97 Å². The van der Waals surface area contributed by atoms with E-state index in [0.717, 1.165) is 43.4 Å². The summed E-state index contributed by atoms with van der Waals surface area (Å²) in [5, 5.41) is 13.1. The molecule has 0 aliphatic carbocycles. The fourth-order valence-electron chi connectivity index (χ4n) is 5.09. The van der Waals surface area contributed by atoms with Gasteiger partial charge in [-0.1, -0.05) is 72.8 Å². The van der Waals surface area contributed by atoms with Crippen molar-refractivity contribution in [1.29, 1.82) is 5.26 Å². The van der Waals surface area contributed by atoms with E-state index >= 15 is 0 Å². The molecule has 0 bridgehead atoms. The summed E-state index contributed by atoms with van der Waals surface area (Å²) in [6.07, 6.45) is 3.11. The first-order chi connectivity index (χ1) is 18.1. The molecule has 1 N–H and O–H groups in total. The molecule has 1 aromatic heterocycles. The number of fused-ring (bicyclic) bond motifs is 1. The van der Waals surface area contributed by atoms with Gasteiger partial charge in [0, 0.05) is 13.1 Å². The lowest BCUT2D eigenvalue weighted by molar-refractivity contribution is -0.122. The summed E-state index contributed by atoms with van der Waals surface area (Å²) in [5.41, 5.74) is 4.23. The predicted octanol–water partition coefficient (Wildman–Crippen LogP) is 5.57. The molecular weight excluding hydrogens is 458 g/mol. The van der Waals surface area contributed by atoms with Crippen LogP contribution in [0.5, 0.6) is 0 Å². The van der Waals surface area contributed by atoms with Gasteiger partial charge in [0.1, 0.15) is 5.69 Å². The van der Waals surface area contributed by atoms with Gasteiger partial charge in [0.25, 0.3) is 0 Å². The van der Waals surface area contributed by atoms with Crippen molar-refractivity contribution in [3.63, 3.8) is 0 Å². The molecule has 5 rings (SSSR count). The Labute approximate surface area is 218 Å². The number of piperidine rings is 1. The second-order valence-electron chi connectivity index (χ2n) is 9.74. The monoisotopic (exact) mass is 489 g/mol. The van der Waals surface area contributed by atoms with Crippen LogP contribution >= 0.6 is 0 Å². The van der Waals surface area contributed by atoms with Crippen molar-refractivity contribution in [1.82, 2.24) is 15.3 Å². The largest absolute Gasteiger partial charge is 0.355 e. The van der Waals surface area contributed by atoms with Crippen LogP contribution in [0.25, 0.3) is 11.0 Å². The summed E-state index contributed by atoms with van der Waals surface area (Å²) in [6.45, 7) is 3.56. The zero-order valence-corrected chi connectivity index (χ0v) is 21.0. The number of amides is 1. The van der Waals surface area contributed by atoms with Gasteiger partial charge in [0.15, 0.2) is 11.7 Å². The van der Waals surface area contributed by atoms with Crippen molar-refractivity contribution in [2.24, 2.45) is 5.92 Å². The second-order valence-corrected chi connectivity index (χ2v) is 9.74. The predicted molar refractivity (Wildman–Crippen MR) is 146 cm³/mol. The first kappa shape index (κ1) is 24.5. The third kappa shape index (κ3) is 5.62. The maximum Gasteiger partial charge on any atom is 0.244 e. The lowest BCUT2D eigenvalue weighted by Gasteiger charge is -2.34. The Balaban J connectivity index is 1.39. The Kier molecular flexibility index (Phi) is 7.41. The number of rotatable bonds is 7. The molecule has 4 aromatic rings. The number of aromatic nitrogens is 2. The average Bonchev–Trinajstić information content (AvgIpc) is 2.94. The van der Waals surface area contributed by atoms with Gasteiger partial charge in [-0.05, 0) is 55.4 Å². The van der Waals surface area contributed by atoms with Gasteiger partial charge in [-0.3, -0.25) is 4.79 Å². The highest BCUT2D eigenvalue weighted by atomic mass is 16.2. The maximum absolute atomic E-state index is 13.4. The fraction of sp³-hybridized carbons (Fsp3) is 0.290. The Hall–Kier alpha value is -4.24. The highest BCUT2D eigenvalue weighted by molar-refractivity contribution is 5.89. The molecule has 1 fully saturated rings. The number of nitriles is 1. The number of para-hydroxylation sites is 2. The minimum atomic E-state index is -1.06. The van der Waals surface area contributed by atoms with Crippen LogP contribution in [0, 0.1) is 17.2 Å². The van der Waals surface area contributed by atoms with Gasteiger partial charge in [-0.15, -0.1) is 0 Å². The summed E-state index contributed by atoms with van der Waals surface area (Å²) in [4.78, 5) is 25.3. The molecule has 3 aromatic carbocycles. The number of hydrogen-bond donors (Lipinski definition) is 1. The molecule has 0 unspecified atom stereocenters. The third-order valence-electron chi connectivity index (χ3n) is 7.18. The highest BCUT2D eigenvalue weighted by Crippen LogP contribution is 2.31. The quantitative estimate of drug-likeness (QED) is 0.367. The van der Waals surface area contributed by atoms with Gasteiger partial charge >= 0.3 is 0 Å². The molecule has 0 saturated carbocycles. The summed E-state index contributed by atoms with van der Waals surface area (Å²) in [6, 6.07) is 30.0. The lowest BCUT2D eigenvalue weighted by atomic mass is 9.90. The topological polar surface area (TPSA) is 81.9 Å². The van der Waals surface area contributed by atoms with E-state index in [9.17, 15) is 10.1 Å². The van der Waals surface area contributed by atoms with E-state index < -0.39 is 5.92 Å². The molecule has 37 heavy (non-hydrogen) atoms. The van der Waals surface area contributed by atoms with E-state index in [2.05, 4.69) is 40.6 Å². The minimum Gasteiger partial charge on any atom is -0.355 e. The van der Waals surface area contributed by atoms with Gasteiger partial charge in [-0.2, -0.15) is 5.26 Å². The van der Waals surface area contributed by atoms with E-state index in [1.54, 1.807) is 0 Å². The molecule has 0 radical (unpaired) electrons. The van der Waals surface area contributed by atoms with Crippen LogP contribution in [0.15, 0.2) is 84.9 Å². The van der Waals surface area contributed by atoms with Crippen LogP contribution in [-0.4, -0.2) is 29.0 Å². The first-order valence-corrected chi connectivity index (χ1v) is 12.9. The standard InChI is InChI=1S/C31H31N5O/c1-22(25-12-6-3-7-13-25)33-31(37)26(21-32)29-30(35-28-15-9-8-14-27(28)34-29)36-18-16-24(17-19-36)20-23-10-4-2-5-11-23/h2-15,22,24,26H,16-20H2,1H3,(H,33,37)/t22-,26+/m0/s1. The van der Waals surface area contributed by atoms with Crippen LogP contribution in [0.1, 0.15) is 48.5 Å². The number of hydrogen-bond acceptors (Lipinski definition) is 5. The molecule has 2 atom stereocenters. The summed E-state index contributed by atoms with van der Waals surface area (Å²) in [7, 11) is 0. The van der Waals surface area contributed by atoms with Crippen molar-refractivity contribution in [2.75, 3.05) is 18.0 Å². The average molecular weight is 490 g/mol. The number of anilines is 1. The number of carbonyl (C=O) groups is 1. The smallest absolute Gasteiger partial charge is 0.244 e. The van der Waals surface area contributed by atoms with E-state index in [-0.39, 0.29) is 11.9 Å². The van der Waals surface area contributed by atoms with E-state index in [4.69, 9.17) is 9.97 Å². The molecule has 0 spiro atoms. The Morgan fingerprint density at radius 1 is 0.946 bits per heavy atom. The number of nitrogens with zero attached hydrogens (tertiary/aromatic N) is 4. The molecule has 1 amide bonds. The van der Waals surface area contributed by atoms with Crippen molar-refractivity contribution in [3.8, 4) is 6.07 Å². The fourth-order valence-corrected chi connectivity index (χ4v) is 5.09. The molecule has 2 heterocycles. The Morgan fingerprint density at radius 2 is 1.54 bits per heavy atom. The molecule has 186 valence electrons. The summed E-state index contributed by atoms with van der Waals surface area (Å²) >= 11 is 0. The second kappa shape index (κ2) is 11.2. The molecule has 1 aliphatic rings. The summed E-state index contributed by atoms with van der Waals surface area (Å²) < 4.78 is 0. The molecule has 1 saturated heterocycles. The number of benzene rings is 3. The Bertz CT molecular complexity index is 1390.